The van der Waals surface area contributed by atoms with Crippen LogP contribution in [-0.2, 0) is 0 Å². The maximum absolute atomic E-state index is 9.27. The second-order valence-electron chi connectivity index (χ2n) is 11.5. The van der Waals surface area contributed by atoms with Gasteiger partial charge in [-0.05, 0) is 101 Å². The van der Waals surface area contributed by atoms with Crippen molar-refractivity contribution in [2.75, 3.05) is 0 Å². The van der Waals surface area contributed by atoms with Gasteiger partial charge in [-0.1, -0.05) is 72.8 Å². The number of rotatable bonds is 0. The minimum Gasteiger partial charge on any atom is -0.193 e. The summed E-state index contributed by atoms with van der Waals surface area (Å²) in [4.78, 5) is 0. The smallest absolute Gasteiger partial charge is 0.0951 e. The van der Waals surface area contributed by atoms with Gasteiger partial charge in [0.2, 0.25) is 0 Å². The normalized spacial score (nSPS) is 13.5. The average molecular weight is 595 g/mol. The number of fused-ring (bicyclic) bond motifs is 2. The Morgan fingerprint density at radius 1 is 0.432 bits per heavy atom. The van der Waals surface area contributed by atoms with E-state index in [9.17, 15) is 10.5 Å². The lowest BCUT2D eigenvalue weighted by atomic mass is 9.83. The summed E-state index contributed by atoms with van der Waals surface area (Å²) in [5.74, 6) is 0. The first-order valence-electron chi connectivity index (χ1n) is 14.5. The van der Waals surface area contributed by atoms with Crippen LogP contribution in [0, 0.1) is 22.7 Å². The fourth-order valence-electron chi connectivity index (χ4n) is 7.39. The maximum atomic E-state index is 9.27. The molecule has 10 aromatic rings. The number of nitriles is 2. The predicted molar refractivity (Wildman–Crippen MR) is 191 cm³/mol. The second kappa shape index (κ2) is 9.12. The van der Waals surface area contributed by atoms with Crippen LogP contribution in [0.1, 0.15) is 13.8 Å². The monoisotopic (exact) mass is 594 g/mol. The standard InChI is InChI=1S/C24H12.C16H10N2S2/c1-2-14-5-6-16-9-11-18-12-10-17-8-7-15-4-3-13(1)19-20(14)22(16)24(18)23(17)21(15)19;1-9(7-17)13-11-3-5-20-16(11)14(10(2)8-18)12-4-6-19-15(12)13/h1-12H;3-6H,1-2H3. The van der Waals surface area contributed by atoms with Gasteiger partial charge in [0.1, 0.15) is 0 Å². The average Bonchev–Trinajstić information content (AvgIpc) is 3.76. The van der Waals surface area contributed by atoms with Gasteiger partial charge in [0.25, 0.3) is 0 Å². The Morgan fingerprint density at radius 2 is 0.682 bits per heavy atom. The van der Waals surface area contributed by atoms with Crippen LogP contribution in [0.15, 0.2) is 95.7 Å². The molecule has 2 heterocycles. The number of nitrogens with zero attached hydrogens (tertiary/aromatic N) is 2. The van der Waals surface area contributed by atoms with E-state index < -0.39 is 0 Å². The van der Waals surface area contributed by atoms with E-state index in [1.54, 1.807) is 22.7 Å². The van der Waals surface area contributed by atoms with Crippen molar-refractivity contribution in [3.8, 4) is 12.1 Å². The van der Waals surface area contributed by atoms with Gasteiger partial charge in [-0.2, -0.15) is 10.5 Å². The van der Waals surface area contributed by atoms with Gasteiger partial charge < -0.3 is 0 Å². The molecule has 0 fully saturated rings. The van der Waals surface area contributed by atoms with Gasteiger partial charge in [-0.25, -0.2) is 0 Å². The molecule has 0 amide bonds. The third kappa shape index (κ3) is 3.22. The third-order valence-electron chi connectivity index (χ3n) is 9.30. The Labute approximate surface area is 260 Å². The van der Waals surface area contributed by atoms with Crippen molar-refractivity contribution >= 4 is 119 Å². The molecule has 2 aromatic heterocycles. The highest BCUT2D eigenvalue weighted by molar-refractivity contribution is 7.18. The summed E-state index contributed by atoms with van der Waals surface area (Å²) in [6.45, 7) is 3.71. The molecule has 0 aliphatic rings. The molecule has 0 aliphatic carbocycles. The van der Waals surface area contributed by atoms with Crippen LogP contribution in [0.3, 0.4) is 0 Å². The number of thiophene rings is 2. The number of hydrogen-bond donors (Lipinski definition) is 0. The highest BCUT2D eigenvalue weighted by atomic mass is 32.1. The van der Waals surface area contributed by atoms with Crippen LogP contribution < -0.4 is 10.4 Å². The quantitative estimate of drug-likeness (QED) is 0.130. The van der Waals surface area contributed by atoms with E-state index in [1.165, 1.54) is 64.6 Å². The summed E-state index contributed by atoms with van der Waals surface area (Å²) < 4.78 is 2.19. The van der Waals surface area contributed by atoms with Crippen LogP contribution in [0.5, 0.6) is 0 Å². The molecule has 0 saturated carbocycles. The molecule has 0 saturated heterocycles. The first-order valence-corrected chi connectivity index (χ1v) is 16.3. The molecule has 0 spiro atoms. The lowest BCUT2D eigenvalue weighted by molar-refractivity contribution is 1.51. The highest BCUT2D eigenvalue weighted by Crippen LogP contribution is 2.47. The minimum atomic E-state index is 0.724. The maximum Gasteiger partial charge on any atom is 0.0951 e. The van der Waals surface area contributed by atoms with Gasteiger partial charge in [0.15, 0.2) is 0 Å². The second-order valence-corrected chi connectivity index (χ2v) is 13.4. The summed E-state index contributed by atoms with van der Waals surface area (Å²) in [5.41, 5.74) is 1.45. The van der Waals surface area contributed by atoms with E-state index in [2.05, 4.69) is 84.9 Å². The molecule has 4 heteroatoms. The molecule has 0 atom stereocenters. The van der Waals surface area contributed by atoms with Crippen molar-refractivity contribution in [1.82, 2.24) is 0 Å². The summed E-state index contributed by atoms with van der Waals surface area (Å²) in [5, 5.41) is 43.5. The molecule has 0 unspecified atom stereocenters. The lowest BCUT2D eigenvalue weighted by Gasteiger charge is -2.20. The molecule has 8 aromatic carbocycles. The van der Waals surface area contributed by atoms with Crippen molar-refractivity contribution in [3.63, 3.8) is 0 Å². The van der Waals surface area contributed by atoms with Crippen LogP contribution >= 0.6 is 22.7 Å². The van der Waals surface area contributed by atoms with E-state index >= 15 is 0 Å². The predicted octanol–water partition coefficient (Wildman–Crippen LogP) is 10.4. The van der Waals surface area contributed by atoms with Crippen LogP contribution in [-0.4, -0.2) is 0 Å². The molecular formula is C40H22N2S2. The first kappa shape index (κ1) is 25.3. The van der Waals surface area contributed by atoms with Gasteiger partial charge in [-0.3, -0.25) is 0 Å². The van der Waals surface area contributed by atoms with Gasteiger partial charge >= 0.3 is 0 Å². The van der Waals surface area contributed by atoms with E-state index in [-0.39, 0.29) is 0 Å². The Kier molecular flexibility index (Phi) is 5.23. The molecule has 0 bridgehead atoms. The van der Waals surface area contributed by atoms with Crippen LogP contribution in [0.4, 0.5) is 0 Å². The molecule has 44 heavy (non-hydrogen) atoms. The molecule has 0 N–H and O–H groups in total. The minimum absolute atomic E-state index is 0.724. The van der Waals surface area contributed by atoms with Crippen LogP contribution in [0.2, 0.25) is 0 Å². The molecular weight excluding hydrogens is 573 g/mol. The highest BCUT2D eigenvalue weighted by Gasteiger charge is 2.19. The molecule has 204 valence electrons. The molecule has 10 rings (SSSR count). The lowest BCUT2D eigenvalue weighted by Crippen LogP contribution is -2.14. The number of benzene rings is 8. The van der Waals surface area contributed by atoms with Crippen molar-refractivity contribution in [3.05, 3.63) is 106 Å². The van der Waals surface area contributed by atoms with Crippen molar-refractivity contribution in [2.45, 2.75) is 13.8 Å². The fraction of sp³-hybridized carbons (Fsp3) is 0.0500. The Balaban J connectivity index is 0.000000126. The fourth-order valence-corrected chi connectivity index (χ4v) is 9.43. The zero-order valence-electron chi connectivity index (χ0n) is 23.9. The van der Waals surface area contributed by atoms with E-state index in [4.69, 9.17) is 0 Å². The first-order chi connectivity index (χ1) is 21.6. The summed E-state index contributed by atoms with van der Waals surface area (Å²) in [6.07, 6.45) is 0. The Bertz CT molecular complexity index is 2450. The summed E-state index contributed by atoms with van der Waals surface area (Å²) in [6, 6.07) is 35.9. The molecule has 0 aliphatic heterocycles. The zero-order valence-corrected chi connectivity index (χ0v) is 25.6. The zero-order chi connectivity index (χ0) is 29.7. The summed E-state index contributed by atoms with van der Waals surface area (Å²) in [7, 11) is 0. The van der Waals surface area contributed by atoms with Crippen molar-refractivity contribution in [1.29, 1.82) is 10.5 Å². The van der Waals surface area contributed by atoms with Gasteiger partial charge in [0.05, 0.1) is 12.1 Å². The topological polar surface area (TPSA) is 47.6 Å². The van der Waals surface area contributed by atoms with Crippen molar-refractivity contribution < 1.29 is 0 Å². The van der Waals surface area contributed by atoms with E-state index in [1.807, 2.05) is 36.7 Å². The molecule has 2 nitrogen and oxygen atoms in total. The van der Waals surface area contributed by atoms with Gasteiger partial charge in [-0.15, -0.1) is 22.7 Å². The van der Waals surface area contributed by atoms with Gasteiger partial charge in [0, 0.05) is 41.8 Å². The Hall–Kier alpha value is -5.26. The van der Waals surface area contributed by atoms with E-state index in [0.717, 1.165) is 41.8 Å². The SMILES string of the molecule is CC(C#N)=c1c2ccsc2c(=C(C)C#N)c2ccsc12.c1cc2ccc3ccc4ccc5ccc6ccc1c1c2c3c4c5c61. The Morgan fingerprint density at radius 3 is 0.909 bits per heavy atom. The number of hydrogen-bond acceptors (Lipinski definition) is 4. The van der Waals surface area contributed by atoms with Crippen LogP contribution in [0.25, 0.3) is 96.0 Å². The molecule has 0 radical (unpaired) electrons. The largest absolute Gasteiger partial charge is 0.193 e. The van der Waals surface area contributed by atoms with Crippen molar-refractivity contribution in [2.24, 2.45) is 0 Å². The van der Waals surface area contributed by atoms with E-state index in [0.29, 0.717) is 0 Å². The summed E-state index contributed by atoms with van der Waals surface area (Å²) >= 11 is 3.26. The third-order valence-corrected chi connectivity index (χ3v) is 11.2.